The average Bonchev–Trinajstić information content (AvgIpc) is 2.76. The molecule has 1 aliphatic rings. The van der Waals surface area contributed by atoms with Crippen LogP contribution in [0.25, 0.3) is 0 Å². The fourth-order valence-corrected chi connectivity index (χ4v) is 2.41. The van der Waals surface area contributed by atoms with Crippen LogP contribution in [0.5, 0.6) is 5.75 Å². The zero-order valence-electron chi connectivity index (χ0n) is 15.8. The lowest BCUT2D eigenvalue weighted by Gasteiger charge is -2.32. The van der Waals surface area contributed by atoms with Crippen molar-refractivity contribution in [3.8, 4) is 5.75 Å². The largest absolute Gasteiger partial charge is 0.494 e. The maximum absolute atomic E-state index is 11.8. The number of benzene rings is 1. The molecular weight excluding hydrogens is 317 g/mol. The van der Waals surface area contributed by atoms with Crippen molar-refractivity contribution >= 4 is 24.2 Å². The molecule has 0 bridgehead atoms. The minimum atomic E-state index is -0.492. The fourth-order valence-electron chi connectivity index (χ4n) is 2.41. The van der Waals surface area contributed by atoms with Crippen LogP contribution in [0, 0.1) is 0 Å². The summed E-state index contributed by atoms with van der Waals surface area (Å²) in [5.74, 6) is 0.343. The third-order valence-electron chi connectivity index (χ3n) is 4.73. The molecule has 1 N–H and O–H groups in total. The topological polar surface area (TPSA) is 56.8 Å². The molecule has 1 fully saturated rings. The monoisotopic (exact) mass is 345 g/mol. The Morgan fingerprint density at radius 1 is 1.28 bits per heavy atom. The Bertz CT molecular complexity index is 626. The van der Waals surface area contributed by atoms with Crippen LogP contribution in [0.1, 0.15) is 47.5 Å². The van der Waals surface area contributed by atoms with Crippen molar-refractivity contribution in [3.05, 3.63) is 30.9 Å². The highest BCUT2D eigenvalue weighted by atomic mass is 16.7. The Morgan fingerprint density at radius 3 is 2.48 bits per heavy atom. The number of carbonyl (C=O) groups excluding carboxylic acids is 1. The maximum Gasteiger partial charge on any atom is 0.494 e. The molecule has 0 aliphatic carbocycles. The van der Waals surface area contributed by atoms with Crippen LogP contribution >= 0.6 is 0 Å². The summed E-state index contributed by atoms with van der Waals surface area (Å²) in [4.78, 5) is 11.8. The van der Waals surface area contributed by atoms with Crippen LogP contribution in [0.2, 0.25) is 0 Å². The van der Waals surface area contributed by atoms with Gasteiger partial charge in [0.2, 0.25) is 5.91 Å². The van der Waals surface area contributed by atoms with Gasteiger partial charge < -0.3 is 19.4 Å². The van der Waals surface area contributed by atoms with Crippen LogP contribution in [0.4, 0.5) is 5.69 Å². The molecule has 0 saturated carbocycles. The quantitative estimate of drug-likeness (QED) is 0.468. The molecular formula is C19H28BNO4. The summed E-state index contributed by atoms with van der Waals surface area (Å²) in [6.07, 6.45) is 3.23. The van der Waals surface area contributed by atoms with Gasteiger partial charge in [0.15, 0.2) is 0 Å². The van der Waals surface area contributed by atoms with Crippen molar-refractivity contribution in [2.45, 2.75) is 58.7 Å². The van der Waals surface area contributed by atoms with E-state index < -0.39 is 18.3 Å². The van der Waals surface area contributed by atoms with Crippen molar-refractivity contribution in [1.82, 2.24) is 0 Å². The summed E-state index contributed by atoms with van der Waals surface area (Å²) in [6, 6.07) is 5.59. The van der Waals surface area contributed by atoms with Gasteiger partial charge in [0.05, 0.1) is 23.5 Å². The standard InChI is InChI=1S/C19H28BNO4/c1-7-9-12-23-16-11-10-14(13-15(16)21-17(22)8-2)20-24-18(3,4)19(5,6)25-20/h8,10-11,13H,2,7,9,12H2,1,3-6H3,(H,21,22). The summed E-state index contributed by atoms with van der Waals surface area (Å²) < 4.78 is 17.9. The van der Waals surface area contributed by atoms with E-state index in [1.54, 1.807) is 0 Å². The van der Waals surface area contributed by atoms with E-state index in [2.05, 4.69) is 18.8 Å². The van der Waals surface area contributed by atoms with Gasteiger partial charge in [-0.05, 0) is 57.8 Å². The Hall–Kier alpha value is -1.79. The number of anilines is 1. The number of hydrogen-bond acceptors (Lipinski definition) is 4. The van der Waals surface area contributed by atoms with Crippen molar-refractivity contribution in [2.24, 2.45) is 0 Å². The Labute approximate surface area is 150 Å². The van der Waals surface area contributed by atoms with E-state index in [0.29, 0.717) is 18.0 Å². The first-order valence-corrected chi connectivity index (χ1v) is 8.76. The van der Waals surface area contributed by atoms with Crippen LogP contribution < -0.4 is 15.5 Å². The van der Waals surface area contributed by atoms with Crippen LogP contribution in [-0.2, 0) is 14.1 Å². The Morgan fingerprint density at radius 2 is 1.92 bits per heavy atom. The number of amides is 1. The number of hydrogen-bond donors (Lipinski definition) is 1. The van der Waals surface area contributed by atoms with Gasteiger partial charge in [-0.1, -0.05) is 26.0 Å². The zero-order valence-corrected chi connectivity index (χ0v) is 15.8. The first kappa shape index (κ1) is 19.5. The lowest BCUT2D eigenvalue weighted by molar-refractivity contribution is -0.111. The molecule has 2 rings (SSSR count). The van der Waals surface area contributed by atoms with Gasteiger partial charge in [-0.2, -0.15) is 0 Å². The second-order valence-electron chi connectivity index (χ2n) is 7.24. The molecule has 1 heterocycles. The molecule has 0 aromatic heterocycles. The van der Waals surface area contributed by atoms with E-state index in [0.717, 1.165) is 18.3 Å². The lowest BCUT2D eigenvalue weighted by atomic mass is 9.79. The van der Waals surface area contributed by atoms with E-state index in [9.17, 15) is 4.79 Å². The minimum Gasteiger partial charge on any atom is -0.491 e. The summed E-state index contributed by atoms with van der Waals surface area (Å²) in [5, 5.41) is 2.80. The molecule has 6 heteroatoms. The van der Waals surface area contributed by atoms with Crippen molar-refractivity contribution in [3.63, 3.8) is 0 Å². The van der Waals surface area contributed by atoms with Gasteiger partial charge in [0, 0.05) is 0 Å². The van der Waals surface area contributed by atoms with Crippen molar-refractivity contribution in [2.75, 3.05) is 11.9 Å². The highest BCUT2D eigenvalue weighted by Gasteiger charge is 2.51. The minimum absolute atomic E-state index is 0.286. The number of ether oxygens (including phenoxy) is 1. The molecule has 1 aromatic rings. The van der Waals surface area contributed by atoms with E-state index in [4.69, 9.17) is 14.0 Å². The molecule has 0 radical (unpaired) electrons. The third-order valence-corrected chi connectivity index (χ3v) is 4.73. The summed E-state index contributed by atoms with van der Waals surface area (Å²) in [7, 11) is -0.492. The predicted molar refractivity (Wildman–Crippen MR) is 101 cm³/mol. The summed E-state index contributed by atoms with van der Waals surface area (Å²) in [6.45, 7) is 14.2. The van der Waals surface area contributed by atoms with Gasteiger partial charge in [0.25, 0.3) is 0 Å². The Balaban J connectivity index is 2.27. The number of nitrogens with one attached hydrogen (secondary N) is 1. The fraction of sp³-hybridized carbons (Fsp3) is 0.526. The zero-order chi connectivity index (χ0) is 18.7. The molecule has 0 atom stereocenters. The lowest BCUT2D eigenvalue weighted by Crippen LogP contribution is -2.41. The van der Waals surface area contributed by atoms with Gasteiger partial charge in [0.1, 0.15) is 5.75 Å². The van der Waals surface area contributed by atoms with Crippen LogP contribution in [0.3, 0.4) is 0 Å². The molecule has 1 amide bonds. The molecule has 0 unspecified atom stereocenters. The maximum atomic E-state index is 11.8. The second-order valence-corrected chi connectivity index (χ2v) is 7.24. The number of unbranched alkanes of at least 4 members (excludes halogenated alkanes) is 1. The van der Waals surface area contributed by atoms with E-state index >= 15 is 0 Å². The van der Waals surface area contributed by atoms with Gasteiger partial charge in [-0.25, -0.2) is 0 Å². The van der Waals surface area contributed by atoms with Gasteiger partial charge in [-0.15, -0.1) is 0 Å². The van der Waals surface area contributed by atoms with E-state index in [1.807, 2.05) is 45.9 Å². The number of carbonyl (C=O) groups is 1. The van der Waals surface area contributed by atoms with E-state index in [1.165, 1.54) is 6.08 Å². The predicted octanol–water partition coefficient (Wildman–Crippen LogP) is 3.29. The molecule has 1 aliphatic heterocycles. The molecule has 136 valence electrons. The van der Waals surface area contributed by atoms with Crippen molar-refractivity contribution in [1.29, 1.82) is 0 Å². The SMILES string of the molecule is C=CC(=O)Nc1cc(B2OC(C)(C)C(C)(C)O2)ccc1OCCCC. The first-order valence-electron chi connectivity index (χ1n) is 8.76. The van der Waals surface area contributed by atoms with Gasteiger partial charge in [-0.3, -0.25) is 4.79 Å². The van der Waals surface area contributed by atoms with Crippen molar-refractivity contribution < 1.29 is 18.8 Å². The van der Waals surface area contributed by atoms with Crippen LogP contribution in [0.15, 0.2) is 30.9 Å². The molecule has 1 saturated heterocycles. The molecule has 1 aromatic carbocycles. The summed E-state index contributed by atoms with van der Waals surface area (Å²) >= 11 is 0. The number of rotatable bonds is 7. The summed E-state index contributed by atoms with van der Waals surface area (Å²) in [5.41, 5.74) is 0.589. The normalized spacial score (nSPS) is 18.0. The highest BCUT2D eigenvalue weighted by molar-refractivity contribution is 6.62. The van der Waals surface area contributed by atoms with Crippen LogP contribution in [-0.4, -0.2) is 30.8 Å². The first-order chi connectivity index (χ1) is 11.7. The average molecular weight is 345 g/mol. The molecule has 0 spiro atoms. The Kier molecular flexibility index (Phi) is 5.96. The highest BCUT2D eigenvalue weighted by Crippen LogP contribution is 2.37. The van der Waals surface area contributed by atoms with Gasteiger partial charge >= 0.3 is 7.12 Å². The third kappa shape index (κ3) is 4.44. The smallest absolute Gasteiger partial charge is 0.491 e. The molecule has 25 heavy (non-hydrogen) atoms. The second kappa shape index (κ2) is 7.62. The molecule has 5 nitrogen and oxygen atoms in total. The van der Waals surface area contributed by atoms with E-state index in [-0.39, 0.29) is 5.91 Å².